The van der Waals surface area contributed by atoms with Gasteiger partial charge in [0.2, 0.25) is 0 Å². The minimum atomic E-state index is 0.338. The summed E-state index contributed by atoms with van der Waals surface area (Å²) in [6, 6.07) is 0. The fourth-order valence-corrected chi connectivity index (χ4v) is 3.08. The van der Waals surface area contributed by atoms with Crippen LogP contribution < -0.4 is 5.32 Å². The normalized spacial score (nSPS) is 35.0. The Kier molecular flexibility index (Phi) is 4.01. The molecule has 16 heavy (non-hydrogen) atoms. The van der Waals surface area contributed by atoms with Crippen LogP contribution in [-0.4, -0.2) is 18.9 Å². The second kappa shape index (κ2) is 5.31. The molecule has 2 fully saturated rings. The predicted octanol–water partition coefficient (Wildman–Crippen LogP) is 2.63. The van der Waals surface area contributed by atoms with Gasteiger partial charge in [-0.15, -0.1) is 0 Å². The molecule has 2 saturated carbocycles. The standard InChI is InChI=1S/C14H25NO/c1-10-5-11(2)7-13(6-10)14(16)9-15-8-12-3-4-12/h10-13,15H,3-9H2,1-2H3. The third-order valence-corrected chi connectivity index (χ3v) is 4.06. The van der Waals surface area contributed by atoms with Crippen LogP contribution in [0.1, 0.15) is 46.0 Å². The number of hydrogen-bond donors (Lipinski definition) is 1. The highest BCUT2D eigenvalue weighted by Crippen LogP contribution is 2.33. The molecule has 2 nitrogen and oxygen atoms in total. The summed E-state index contributed by atoms with van der Waals surface area (Å²) < 4.78 is 0. The van der Waals surface area contributed by atoms with Crippen LogP contribution in [0.3, 0.4) is 0 Å². The zero-order valence-corrected chi connectivity index (χ0v) is 10.7. The Morgan fingerprint density at radius 2 is 1.75 bits per heavy atom. The van der Waals surface area contributed by atoms with E-state index in [0.717, 1.165) is 37.1 Å². The van der Waals surface area contributed by atoms with Crippen LogP contribution in [0.25, 0.3) is 0 Å². The quantitative estimate of drug-likeness (QED) is 0.776. The van der Waals surface area contributed by atoms with Crippen molar-refractivity contribution >= 4 is 5.78 Å². The molecule has 2 aliphatic carbocycles. The highest BCUT2D eigenvalue weighted by atomic mass is 16.1. The first kappa shape index (κ1) is 12.1. The van der Waals surface area contributed by atoms with E-state index in [2.05, 4.69) is 19.2 Å². The number of nitrogens with one attached hydrogen (secondary N) is 1. The lowest BCUT2D eigenvalue weighted by Crippen LogP contribution is -2.33. The summed E-state index contributed by atoms with van der Waals surface area (Å²) in [6.45, 7) is 6.24. The van der Waals surface area contributed by atoms with E-state index in [0.29, 0.717) is 18.2 Å². The van der Waals surface area contributed by atoms with Crippen molar-refractivity contribution in [3.8, 4) is 0 Å². The highest BCUT2D eigenvalue weighted by molar-refractivity contribution is 5.83. The van der Waals surface area contributed by atoms with Crippen molar-refractivity contribution < 1.29 is 4.79 Å². The van der Waals surface area contributed by atoms with Gasteiger partial charge in [-0.05, 0) is 56.4 Å². The van der Waals surface area contributed by atoms with E-state index in [-0.39, 0.29) is 0 Å². The number of hydrogen-bond acceptors (Lipinski definition) is 2. The zero-order valence-electron chi connectivity index (χ0n) is 10.7. The van der Waals surface area contributed by atoms with Crippen molar-refractivity contribution in [3.05, 3.63) is 0 Å². The second-order valence-corrected chi connectivity index (χ2v) is 6.15. The van der Waals surface area contributed by atoms with Crippen molar-refractivity contribution in [3.63, 3.8) is 0 Å². The molecular formula is C14H25NO. The monoisotopic (exact) mass is 223 g/mol. The molecule has 0 bridgehead atoms. The molecule has 92 valence electrons. The lowest BCUT2D eigenvalue weighted by Gasteiger charge is -2.30. The maximum atomic E-state index is 12.0. The molecule has 0 radical (unpaired) electrons. The molecule has 0 aromatic heterocycles. The summed E-state index contributed by atoms with van der Waals surface area (Å²) in [7, 11) is 0. The van der Waals surface area contributed by atoms with Gasteiger partial charge in [-0.1, -0.05) is 13.8 Å². The molecule has 2 atom stereocenters. The number of rotatable bonds is 5. The van der Waals surface area contributed by atoms with Crippen LogP contribution in [0.15, 0.2) is 0 Å². The molecule has 0 saturated heterocycles. The summed E-state index contributed by atoms with van der Waals surface area (Å²) in [5.74, 6) is 3.14. The smallest absolute Gasteiger partial charge is 0.149 e. The van der Waals surface area contributed by atoms with Crippen LogP contribution in [-0.2, 0) is 4.79 Å². The Morgan fingerprint density at radius 1 is 1.12 bits per heavy atom. The second-order valence-electron chi connectivity index (χ2n) is 6.15. The Balaban J connectivity index is 1.69. The topological polar surface area (TPSA) is 29.1 Å². The lowest BCUT2D eigenvalue weighted by molar-refractivity contribution is -0.123. The average molecular weight is 223 g/mol. The minimum absolute atomic E-state index is 0.338. The van der Waals surface area contributed by atoms with Gasteiger partial charge in [0.05, 0.1) is 6.54 Å². The molecule has 0 aromatic rings. The third-order valence-electron chi connectivity index (χ3n) is 4.06. The van der Waals surface area contributed by atoms with E-state index in [1.54, 1.807) is 0 Å². The van der Waals surface area contributed by atoms with E-state index in [1.807, 2.05) is 0 Å². The Hall–Kier alpha value is -0.370. The number of carbonyl (C=O) groups is 1. The van der Waals surface area contributed by atoms with Crippen molar-refractivity contribution in [2.24, 2.45) is 23.7 Å². The van der Waals surface area contributed by atoms with Crippen molar-refractivity contribution in [2.45, 2.75) is 46.0 Å². The molecule has 0 heterocycles. The maximum Gasteiger partial charge on any atom is 0.149 e. The van der Waals surface area contributed by atoms with E-state index >= 15 is 0 Å². The summed E-state index contributed by atoms with van der Waals surface area (Å²) in [6.07, 6.45) is 6.26. The first-order valence-corrected chi connectivity index (χ1v) is 6.88. The molecule has 2 unspecified atom stereocenters. The van der Waals surface area contributed by atoms with Crippen molar-refractivity contribution in [1.29, 1.82) is 0 Å². The van der Waals surface area contributed by atoms with Crippen LogP contribution in [0.2, 0.25) is 0 Å². The molecule has 0 aliphatic heterocycles. The SMILES string of the molecule is CC1CC(C)CC(C(=O)CNCC2CC2)C1. The molecule has 2 rings (SSSR count). The minimum Gasteiger partial charge on any atom is -0.310 e. The predicted molar refractivity (Wildman–Crippen MR) is 66.3 cm³/mol. The van der Waals surface area contributed by atoms with Crippen LogP contribution in [0.4, 0.5) is 0 Å². The first-order chi connectivity index (χ1) is 7.65. The fraction of sp³-hybridized carbons (Fsp3) is 0.929. The van der Waals surface area contributed by atoms with Gasteiger partial charge in [0.1, 0.15) is 5.78 Å². The van der Waals surface area contributed by atoms with Gasteiger partial charge < -0.3 is 5.32 Å². The molecular weight excluding hydrogens is 198 g/mol. The first-order valence-electron chi connectivity index (χ1n) is 6.88. The molecule has 0 spiro atoms. The number of Topliss-reactive ketones (excluding diaryl/α,β-unsaturated/α-hetero) is 1. The van der Waals surface area contributed by atoms with Gasteiger partial charge >= 0.3 is 0 Å². The lowest BCUT2D eigenvalue weighted by atomic mass is 9.75. The maximum absolute atomic E-state index is 12.0. The van der Waals surface area contributed by atoms with E-state index in [9.17, 15) is 4.79 Å². The fourth-order valence-electron chi connectivity index (χ4n) is 3.08. The number of carbonyl (C=O) groups excluding carboxylic acids is 1. The van der Waals surface area contributed by atoms with Crippen LogP contribution in [0.5, 0.6) is 0 Å². The average Bonchev–Trinajstić information content (AvgIpc) is 3.00. The van der Waals surface area contributed by atoms with E-state index < -0.39 is 0 Å². The Labute approximate surface area is 99.2 Å². The van der Waals surface area contributed by atoms with Crippen molar-refractivity contribution in [2.75, 3.05) is 13.1 Å². The Bertz CT molecular complexity index is 237. The highest BCUT2D eigenvalue weighted by Gasteiger charge is 2.28. The Morgan fingerprint density at radius 3 is 2.31 bits per heavy atom. The van der Waals surface area contributed by atoms with Gasteiger partial charge in [-0.25, -0.2) is 0 Å². The zero-order chi connectivity index (χ0) is 11.5. The molecule has 0 amide bonds. The molecule has 2 heteroatoms. The van der Waals surface area contributed by atoms with Crippen LogP contribution in [0, 0.1) is 23.7 Å². The summed E-state index contributed by atoms with van der Waals surface area (Å²) >= 11 is 0. The summed E-state index contributed by atoms with van der Waals surface area (Å²) in [5, 5.41) is 3.32. The van der Waals surface area contributed by atoms with Gasteiger partial charge in [0.25, 0.3) is 0 Å². The summed E-state index contributed by atoms with van der Waals surface area (Å²) in [5.41, 5.74) is 0. The van der Waals surface area contributed by atoms with Gasteiger partial charge in [0.15, 0.2) is 0 Å². The summed E-state index contributed by atoms with van der Waals surface area (Å²) in [4.78, 5) is 12.0. The molecule has 2 aliphatic rings. The van der Waals surface area contributed by atoms with Gasteiger partial charge in [-0.2, -0.15) is 0 Å². The third kappa shape index (κ3) is 3.58. The van der Waals surface area contributed by atoms with Crippen molar-refractivity contribution in [1.82, 2.24) is 5.32 Å². The molecule has 1 N–H and O–H groups in total. The van der Waals surface area contributed by atoms with E-state index in [1.165, 1.54) is 19.3 Å². The van der Waals surface area contributed by atoms with Gasteiger partial charge in [0, 0.05) is 5.92 Å². The largest absolute Gasteiger partial charge is 0.310 e. The van der Waals surface area contributed by atoms with Crippen LogP contribution >= 0.6 is 0 Å². The molecule has 0 aromatic carbocycles. The van der Waals surface area contributed by atoms with Gasteiger partial charge in [-0.3, -0.25) is 4.79 Å². The van der Waals surface area contributed by atoms with E-state index in [4.69, 9.17) is 0 Å². The number of ketones is 1.